The molecule has 0 heterocycles. The van der Waals surface area contributed by atoms with Crippen LogP contribution in [0, 0.1) is 17.5 Å². The fourth-order valence-electron chi connectivity index (χ4n) is 1.99. The summed E-state index contributed by atoms with van der Waals surface area (Å²) in [4.78, 5) is 12.0. The molecule has 0 saturated carbocycles. The van der Waals surface area contributed by atoms with Crippen LogP contribution in [0.4, 0.5) is 13.2 Å². The second-order valence-corrected chi connectivity index (χ2v) is 5.18. The molecule has 0 fully saturated rings. The minimum atomic E-state index is -1.50. The molecule has 0 N–H and O–H groups in total. The summed E-state index contributed by atoms with van der Waals surface area (Å²) in [7, 11) is 0.973. The van der Waals surface area contributed by atoms with Gasteiger partial charge in [0.05, 0.1) is 7.11 Å². The first-order chi connectivity index (χ1) is 10.8. The number of esters is 1. The Balaban J connectivity index is 2.29. The van der Waals surface area contributed by atoms with Crippen LogP contribution in [0.25, 0.3) is 0 Å². The lowest BCUT2D eigenvalue weighted by Crippen LogP contribution is -2.13. The number of halogens is 3. The number of carbonyl (C=O) groups excluding carboxylic acids is 1. The Morgan fingerprint density at radius 1 is 1.04 bits per heavy atom. The molecule has 3 nitrogen and oxygen atoms in total. The zero-order chi connectivity index (χ0) is 17.1. The molecular formula is C17H15F3O3. The molecule has 0 aromatic heterocycles. The van der Waals surface area contributed by atoms with Crippen LogP contribution >= 0.6 is 0 Å². The van der Waals surface area contributed by atoms with Gasteiger partial charge in [0.15, 0.2) is 17.4 Å². The van der Waals surface area contributed by atoms with Crippen molar-refractivity contribution in [2.75, 3.05) is 7.11 Å². The highest BCUT2D eigenvalue weighted by Gasteiger charge is 2.24. The second-order valence-electron chi connectivity index (χ2n) is 5.18. The van der Waals surface area contributed by atoms with E-state index in [2.05, 4.69) is 4.74 Å². The number of hydrogen-bond donors (Lipinski definition) is 0. The number of carbonyl (C=O) groups is 1. The number of hydrogen-bond acceptors (Lipinski definition) is 3. The maximum absolute atomic E-state index is 14.0. The highest BCUT2D eigenvalue weighted by atomic mass is 19.2. The average Bonchev–Trinajstić information content (AvgIpc) is 2.52. The Bertz CT molecular complexity index is 725. The van der Waals surface area contributed by atoms with Crippen LogP contribution in [0.1, 0.15) is 35.7 Å². The number of methoxy groups -OCH3 is 1. The fourth-order valence-corrected chi connectivity index (χ4v) is 1.99. The maximum atomic E-state index is 14.0. The summed E-state index contributed by atoms with van der Waals surface area (Å²) < 4.78 is 50.2. The molecule has 0 saturated heterocycles. The Labute approximate surface area is 131 Å². The highest BCUT2D eigenvalue weighted by molar-refractivity contribution is 5.92. The van der Waals surface area contributed by atoms with E-state index in [1.165, 1.54) is 0 Å². The van der Waals surface area contributed by atoms with Gasteiger partial charge in [-0.2, -0.15) is 4.39 Å². The van der Waals surface area contributed by atoms with E-state index in [1.54, 1.807) is 24.3 Å². The molecule has 0 unspecified atom stereocenters. The minimum absolute atomic E-state index is 0.169. The third-order valence-corrected chi connectivity index (χ3v) is 3.30. The molecule has 0 amide bonds. The van der Waals surface area contributed by atoms with Gasteiger partial charge in [-0.3, -0.25) is 0 Å². The van der Waals surface area contributed by atoms with Crippen molar-refractivity contribution in [3.8, 4) is 11.5 Å². The summed E-state index contributed by atoms with van der Waals surface area (Å²) in [6, 6.07) is 7.05. The van der Waals surface area contributed by atoms with Crippen molar-refractivity contribution < 1.29 is 27.4 Å². The van der Waals surface area contributed by atoms with Gasteiger partial charge in [-0.15, -0.1) is 0 Å². The van der Waals surface area contributed by atoms with Crippen LogP contribution in [-0.2, 0) is 0 Å². The van der Waals surface area contributed by atoms with Crippen LogP contribution in [-0.4, -0.2) is 13.1 Å². The first kappa shape index (κ1) is 16.9. The van der Waals surface area contributed by atoms with Gasteiger partial charge < -0.3 is 9.47 Å². The first-order valence-electron chi connectivity index (χ1n) is 6.88. The standard InChI is InChI=1S/C17H15F3O3/c1-9(2)10-4-6-11(7-5-10)23-17(21)12-8-13(18)15(20)16(22-3)14(12)19/h4-9H,1-3H3. The zero-order valence-electron chi connectivity index (χ0n) is 12.8. The van der Waals surface area contributed by atoms with Crippen LogP contribution in [0.3, 0.4) is 0 Å². The van der Waals surface area contributed by atoms with Gasteiger partial charge >= 0.3 is 5.97 Å². The lowest BCUT2D eigenvalue weighted by molar-refractivity contribution is 0.0728. The van der Waals surface area contributed by atoms with Crippen molar-refractivity contribution in [2.45, 2.75) is 19.8 Å². The van der Waals surface area contributed by atoms with Crippen molar-refractivity contribution in [2.24, 2.45) is 0 Å². The summed E-state index contributed by atoms with van der Waals surface area (Å²) >= 11 is 0. The Hall–Kier alpha value is -2.50. The molecule has 2 rings (SSSR count). The van der Waals surface area contributed by atoms with Crippen molar-refractivity contribution >= 4 is 5.97 Å². The Kier molecular flexibility index (Phi) is 4.93. The van der Waals surface area contributed by atoms with E-state index < -0.39 is 34.7 Å². The van der Waals surface area contributed by atoms with Crippen LogP contribution in [0.5, 0.6) is 11.5 Å². The molecule has 0 aliphatic rings. The normalized spacial score (nSPS) is 10.7. The third-order valence-electron chi connectivity index (χ3n) is 3.30. The van der Waals surface area contributed by atoms with E-state index in [0.29, 0.717) is 12.0 Å². The van der Waals surface area contributed by atoms with Crippen molar-refractivity contribution in [3.63, 3.8) is 0 Å². The predicted octanol–water partition coefficient (Wildman–Crippen LogP) is 4.46. The van der Waals surface area contributed by atoms with Crippen LogP contribution in [0.15, 0.2) is 30.3 Å². The summed E-state index contributed by atoms with van der Waals surface area (Å²) in [6.07, 6.45) is 0. The second kappa shape index (κ2) is 6.73. The van der Waals surface area contributed by atoms with E-state index >= 15 is 0 Å². The molecule has 0 bridgehead atoms. The number of ether oxygens (including phenoxy) is 2. The quantitative estimate of drug-likeness (QED) is 0.473. The van der Waals surface area contributed by atoms with Crippen molar-refractivity contribution in [1.82, 2.24) is 0 Å². The SMILES string of the molecule is COc1c(F)c(F)cc(C(=O)Oc2ccc(C(C)C)cc2)c1F. The molecule has 0 radical (unpaired) electrons. The van der Waals surface area contributed by atoms with Crippen LogP contribution < -0.4 is 9.47 Å². The molecule has 0 aliphatic carbocycles. The molecule has 122 valence electrons. The number of rotatable bonds is 4. The minimum Gasteiger partial charge on any atom is -0.491 e. The monoisotopic (exact) mass is 324 g/mol. The Morgan fingerprint density at radius 3 is 2.17 bits per heavy atom. The molecule has 0 atom stereocenters. The maximum Gasteiger partial charge on any atom is 0.346 e. The summed E-state index contributed by atoms with van der Waals surface area (Å²) in [5.74, 6) is -5.84. The molecule has 2 aromatic rings. The smallest absolute Gasteiger partial charge is 0.346 e. The topological polar surface area (TPSA) is 35.5 Å². The largest absolute Gasteiger partial charge is 0.491 e. The van der Waals surface area contributed by atoms with Crippen molar-refractivity contribution in [1.29, 1.82) is 0 Å². The molecule has 23 heavy (non-hydrogen) atoms. The average molecular weight is 324 g/mol. The lowest BCUT2D eigenvalue weighted by Gasteiger charge is -2.10. The molecule has 0 aliphatic heterocycles. The Morgan fingerprint density at radius 2 is 1.65 bits per heavy atom. The van der Waals surface area contributed by atoms with Gasteiger partial charge in [-0.1, -0.05) is 26.0 Å². The van der Waals surface area contributed by atoms with Crippen molar-refractivity contribution in [3.05, 3.63) is 58.9 Å². The van der Waals surface area contributed by atoms with Gasteiger partial charge in [0, 0.05) is 0 Å². The zero-order valence-corrected chi connectivity index (χ0v) is 12.8. The van der Waals surface area contributed by atoms with Gasteiger partial charge in [0.25, 0.3) is 0 Å². The van der Waals surface area contributed by atoms with Gasteiger partial charge in [-0.05, 0) is 29.7 Å². The summed E-state index contributed by atoms with van der Waals surface area (Å²) in [5, 5.41) is 0. The van der Waals surface area contributed by atoms with E-state index in [-0.39, 0.29) is 5.75 Å². The molecule has 6 heteroatoms. The van der Waals surface area contributed by atoms with E-state index in [1.807, 2.05) is 13.8 Å². The van der Waals surface area contributed by atoms with E-state index in [9.17, 15) is 18.0 Å². The molecular weight excluding hydrogens is 309 g/mol. The van der Waals surface area contributed by atoms with Gasteiger partial charge in [0.1, 0.15) is 11.3 Å². The first-order valence-corrected chi connectivity index (χ1v) is 6.88. The third kappa shape index (κ3) is 3.47. The fraction of sp³-hybridized carbons (Fsp3) is 0.235. The summed E-state index contributed by atoms with van der Waals surface area (Å²) in [6.45, 7) is 4.01. The van der Waals surface area contributed by atoms with Gasteiger partial charge in [-0.25, -0.2) is 13.6 Å². The molecule has 2 aromatic carbocycles. The van der Waals surface area contributed by atoms with Gasteiger partial charge in [0.2, 0.25) is 5.82 Å². The van der Waals surface area contributed by atoms with E-state index in [4.69, 9.17) is 4.74 Å². The molecule has 0 spiro atoms. The highest BCUT2D eigenvalue weighted by Crippen LogP contribution is 2.28. The number of benzene rings is 2. The lowest BCUT2D eigenvalue weighted by atomic mass is 10.0. The predicted molar refractivity (Wildman–Crippen MR) is 78.4 cm³/mol. The van der Waals surface area contributed by atoms with E-state index in [0.717, 1.165) is 12.7 Å². The summed E-state index contributed by atoms with van der Waals surface area (Å²) in [5.41, 5.74) is 0.291. The van der Waals surface area contributed by atoms with Crippen LogP contribution in [0.2, 0.25) is 0 Å².